The molecule has 0 aromatic heterocycles. The maximum atomic E-state index is 10.7. The van der Waals surface area contributed by atoms with Crippen molar-refractivity contribution in [1.82, 2.24) is 0 Å². The molecule has 0 aromatic carbocycles. The summed E-state index contributed by atoms with van der Waals surface area (Å²) in [5.41, 5.74) is 0. The Labute approximate surface area is 72.1 Å². The lowest BCUT2D eigenvalue weighted by atomic mass is 10.3. The van der Waals surface area contributed by atoms with Gasteiger partial charge in [0.15, 0.2) is 0 Å². The second-order valence-electron chi connectivity index (χ2n) is 1.85. The molecule has 60 valence electrons. The Morgan fingerprint density at radius 3 is 2.70 bits per heavy atom. The van der Waals surface area contributed by atoms with Gasteiger partial charge in [-0.2, -0.15) is 25.3 Å². The summed E-state index contributed by atoms with van der Waals surface area (Å²) >= 11 is 8.06. The molecule has 0 heterocycles. The van der Waals surface area contributed by atoms with Crippen LogP contribution in [0.1, 0.15) is 13.3 Å². The van der Waals surface area contributed by atoms with E-state index in [9.17, 15) is 4.79 Å². The van der Waals surface area contributed by atoms with Crippen molar-refractivity contribution in [1.29, 1.82) is 0 Å². The molecule has 0 fully saturated rings. The number of carbonyl (C=O) groups excluding carboxylic acids is 1. The van der Waals surface area contributed by atoms with Crippen molar-refractivity contribution in [3.05, 3.63) is 0 Å². The van der Waals surface area contributed by atoms with E-state index in [1.54, 1.807) is 6.92 Å². The molecule has 0 amide bonds. The molecule has 10 heavy (non-hydrogen) atoms. The third-order valence-electron chi connectivity index (χ3n) is 0.918. The van der Waals surface area contributed by atoms with E-state index in [1.807, 2.05) is 0 Å². The molecule has 2 nitrogen and oxygen atoms in total. The van der Waals surface area contributed by atoms with E-state index in [0.29, 0.717) is 18.8 Å². The summed E-state index contributed by atoms with van der Waals surface area (Å²) in [4.78, 5) is 10.7. The number of hydrogen-bond acceptors (Lipinski definition) is 4. The molecular formula is C6H12O2S2. The summed E-state index contributed by atoms with van der Waals surface area (Å²) in [5, 5.41) is 0.0161. The van der Waals surface area contributed by atoms with Gasteiger partial charge in [0, 0.05) is 11.0 Å². The van der Waals surface area contributed by atoms with Crippen molar-refractivity contribution >= 4 is 31.2 Å². The summed E-state index contributed by atoms with van der Waals surface area (Å²) < 4.78 is 4.69. The van der Waals surface area contributed by atoms with Crippen LogP contribution in [0.15, 0.2) is 0 Å². The molecule has 0 saturated carbocycles. The van der Waals surface area contributed by atoms with Gasteiger partial charge >= 0.3 is 5.97 Å². The van der Waals surface area contributed by atoms with Crippen molar-refractivity contribution in [2.45, 2.75) is 18.6 Å². The van der Waals surface area contributed by atoms with Crippen molar-refractivity contribution in [3.8, 4) is 0 Å². The lowest BCUT2D eigenvalue weighted by Gasteiger charge is -2.05. The topological polar surface area (TPSA) is 26.3 Å². The lowest BCUT2D eigenvalue weighted by Crippen LogP contribution is -2.12. The van der Waals surface area contributed by atoms with Crippen LogP contribution in [0.25, 0.3) is 0 Å². The maximum Gasteiger partial charge on any atom is 0.306 e. The quantitative estimate of drug-likeness (QED) is 0.502. The molecule has 0 aromatic rings. The smallest absolute Gasteiger partial charge is 0.306 e. The summed E-state index contributed by atoms with van der Waals surface area (Å²) in [6, 6.07) is 0. The van der Waals surface area contributed by atoms with Crippen LogP contribution in [0, 0.1) is 0 Å². The van der Waals surface area contributed by atoms with Crippen LogP contribution in [0.4, 0.5) is 0 Å². The molecule has 1 unspecified atom stereocenters. The second-order valence-corrected chi connectivity index (χ2v) is 2.94. The average Bonchev–Trinajstić information content (AvgIpc) is 1.88. The maximum absolute atomic E-state index is 10.7. The van der Waals surface area contributed by atoms with E-state index in [4.69, 9.17) is 4.74 Å². The molecule has 0 aliphatic heterocycles. The summed E-state index contributed by atoms with van der Waals surface area (Å²) in [7, 11) is 0. The molecule has 0 N–H and O–H groups in total. The fourth-order valence-corrected chi connectivity index (χ4v) is 0.755. The highest BCUT2D eigenvalue weighted by atomic mass is 32.1. The molecular weight excluding hydrogens is 168 g/mol. The van der Waals surface area contributed by atoms with Crippen LogP contribution in [0.5, 0.6) is 0 Å². The highest BCUT2D eigenvalue weighted by Crippen LogP contribution is 2.03. The van der Waals surface area contributed by atoms with Gasteiger partial charge in [0.05, 0.1) is 13.0 Å². The van der Waals surface area contributed by atoms with Crippen molar-refractivity contribution in [2.24, 2.45) is 0 Å². The van der Waals surface area contributed by atoms with Gasteiger partial charge in [-0.1, -0.05) is 0 Å². The SMILES string of the molecule is CCOC(=O)CC(S)CS. The average molecular weight is 180 g/mol. The Morgan fingerprint density at radius 1 is 1.70 bits per heavy atom. The number of ether oxygens (including phenoxy) is 1. The van der Waals surface area contributed by atoms with Crippen molar-refractivity contribution in [3.63, 3.8) is 0 Å². The second kappa shape index (κ2) is 5.92. The monoisotopic (exact) mass is 180 g/mol. The van der Waals surface area contributed by atoms with Crippen LogP contribution in [-0.4, -0.2) is 23.6 Å². The number of carbonyl (C=O) groups is 1. The fraction of sp³-hybridized carbons (Fsp3) is 0.833. The first kappa shape index (κ1) is 10.2. The highest BCUT2D eigenvalue weighted by Gasteiger charge is 2.07. The van der Waals surface area contributed by atoms with E-state index >= 15 is 0 Å². The van der Waals surface area contributed by atoms with Crippen LogP contribution in [0.3, 0.4) is 0 Å². The van der Waals surface area contributed by atoms with E-state index < -0.39 is 0 Å². The first-order valence-corrected chi connectivity index (χ1v) is 4.30. The molecule has 0 rings (SSSR count). The predicted octanol–water partition coefficient (Wildman–Crippen LogP) is 1.17. The minimum atomic E-state index is -0.198. The summed E-state index contributed by atoms with van der Waals surface area (Å²) in [6.45, 7) is 2.22. The van der Waals surface area contributed by atoms with Gasteiger partial charge in [-0.25, -0.2) is 0 Å². The highest BCUT2D eigenvalue weighted by molar-refractivity contribution is 7.84. The first-order chi connectivity index (χ1) is 4.70. The Bertz CT molecular complexity index is 106. The molecule has 0 spiro atoms. The Kier molecular flexibility index (Phi) is 6.02. The largest absolute Gasteiger partial charge is 0.466 e. The number of hydrogen-bond donors (Lipinski definition) is 2. The van der Waals surface area contributed by atoms with Crippen LogP contribution in [0.2, 0.25) is 0 Å². The van der Waals surface area contributed by atoms with Crippen molar-refractivity contribution < 1.29 is 9.53 Å². The zero-order valence-electron chi connectivity index (χ0n) is 5.91. The third-order valence-corrected chi connectivity index (χ3v) is 2.01. The zero-order valence-corrected chi connectivity index (χ0v) is 7.70. The van der Waals surface area contributed by atoms with Gasteiger partial charge in [-0.15, -0.1) is 0 Å². The molecule has 1 atom stereocenters. The van der Waals surface area contributed by atoms with Gasteiger partial charge < -0.3 is 4.74 Å². The standard InChI is InChI=1S/C6H12O2S2/c1-2-8-6(7)3-5(10)4-9/h5,9-10H,2-4H2,1H3. The van der Waals surface area contributed by atoms with Crippen molar-refractivity contribution in [2.75, 3.05) is 12.4 Å². The van der Waals surface area contributed by atoms with Gasteiger partial charge in [-0.3, -0.25) is 4.79 Å². The van der Waals surface area contributed by atoms with Gasteiger partial charge in [-0.05, 0) is 6.92 Å². The summed E-state index contributed by atoms with van der Waals surface area (Å²) in [5.74, 6) is 0.401. The molecule has 0 radical (unpaired) electrons. The fourth-order valence-electron chi connectivity index (χ4n) is 0.477. The van der Waals surface area contributed by atoms with E-state index in [0.717, 1.165) is 0 Å². The zero-order chi connectivity index (χ0) is 7.98. The Balaban J connectivity index is 3.37. The first-order valence-electron chi connectivity index (χ1n) is 3.15. The Morgan fingerprint density at radius 2 is 2.30 bits per heavy atom. The van der Waals surface area contributed by atoms with E-state index in [2.05, 4.69) is 25.3 Å². The van der Waals surface area contributed by atoms with Crippen LogP contribution < -0.4 is 0 Å². The van der Waals surface area contributed by atoms with E-state index in [-0.39, 0.29) is 11.2 Å². The molecule has 0 bridgehead atoms. The van der Waals surface area contributed by atoms with Crippen LogP contribution >= 0.6 is 25.3 Å². The van der Waals surface area contributed by atoms with Gasteiger partial charge in [0.2, 0.25) is 0 Å². The summed E-state index contributed by atoms with van der Waals surface area (Å²) in [6.07, 6.45) is 0.348. The van der Waals surface area contributed by atoms with E-state index in [1.165, 1.54) is 0 Å². The molecule has 0 saturated heterocycles. The molecule has 0 aliphatic rings. The predicted molar refractivity (Wildman–Crippen MR) is 47.9 cm³/mol. The minimum Gasteiger partial charge on any atom is -0.466 e. The minimum absolute atomic E-state index is 0.0161. The molecule has 0 aliphatic carbocycles. The normalized spacial score (nSPS) is 12.7. The lowest BCUT2D eigenvalue weighted by molar-refractivity contribution is -0.142. The number of esters is 1. The number of thiol groups is 2. The Hall–Kier alpha value is 0.170. The third kappa shape index (κ3) is 4.99. The molecule has 4 heteroatoms. The van der Waals surface area contributed by atoms with Gasteiger partial charge in [0.1, 0.15) is 0 Å². The van der Waals surface area contributed by atoms with Crippen LogP contribution in [-0.2, 0) is 9.53 Å². The number of rotatable bonds is 4. The van der Waals surface area contributed by atoms with Gasteiger partial charge in [0.25, 0.3) is 0 Å².